The summed E-state index contributed by atoms with van der Waals surface area (Å²) in [6, 6.07) is 16.5. The first-order chi connectivity index (χ1) is 15.1. The SMILES string of the molecule is N=C1CC=NC(N)(c2cccc(-c3c[nH]c4ccccc34)c2)N1CCCN1C=NCC1. The number of fused-ring (bicyclic) bond motifs is 1. The molecule has 0 fully saturated rings. The monoisotopic (exact) mass is 413 g/mol. The highest BCUT2D eigenvalue weighted by atomic mass is 15.4. The Labute approximate surface area is 181 Å². The zero-order chi connectivity index (χ0) is 21.3. The first kappa shape index (κ1) is 19.5. The van der Waals surface area contributed by atoms with Crippen molar-refractivity contribution in [1.82, 2.24) is 14.8 Å². The highest BCUT2D eigenvalue weighted by Gasteiger charge is 2.37. The summed E-state index contributed by atoms with van der Waals surface area (Å²) in [4.78, 5) is 16.5. The molecule has 3 aromatic rings. The molecule has 3 heterocycles. The molecular weight excluding hydrogens is 386 g/mol. The summed E-state index contributed by atoms with van der Waals surface area (Å²) in [6.07, 6.45) is 7.12. The summed E-state index contributed by atoms with van der Waals surface area (Å²) in [5.74, 6) is -0.568. The van der Waals surface area contributed by atoms with Crippen LogP contribution in [0, 0.1) is 5.41 Å². The number of para-hydroxylation sites is 1. The fraction of sp³-hybridized carbons (Fsp3) is 0.292. The van der Waals surface area contributed by atoms with Crippen LogP contribution in [0.5, 0.6) is 0 Å². The van der Waals surface area contributed by atoms with Crippen LogP contribution in [0.15, 0.2) is 64.7 Å². The zero-order valence-corrected chi connectivity index (χ0v) is 17.5. The van der Waals surface area contributed by atoms with Crippen LogP contribution in [0.2, 0.25) is 0 Å². The molecule has 1 atom stereocenters. The molecule has 0 aliphatic carbocycles. The molecule has 5 rings (SSSR count). The van der Waals surface area contributed by atoms with E-state index >= 15 is 0 Å². The van der Waals surface area contributed by atoms with E-state index in [-0.39, 0.29) is 0 Å². The maximum atomic E-state index is 8.55. The number of nitrogens with two attached hydrogens (primary N) is 1. The van der Waals surface area contributed by atoms with E-state index in [0.717, 1.165) is 48.3 Å². The average molecular weight is 414 g/mol. The Morgan fingerprint density at radius 1 is 1.13 bits per heavy atom. The Morgan fingerprint density at radius 2 is 2.03 bits per heavy atom. The van der Waals surface area contributed by atoms with Gasteiger partial charge in [0.2, 0.25) is 5.79 Å². The first-order valence-corrected chi connectivity index (χ1v) is 10.7. The minimum absolute atomic E-state index is 0.505. The third-order valence-electron chi connectivity index (χ3n) is 6.09. The Hall–Kier alpha value is -3.45. The summed E-state index contributed by atoms with van der Waals surface area (Å²) in [7, 11) is 0. The van der Waals surface area contributed by atoms with E-state index in [0.29, 0.717) is 18.8 Å². The van der Waals surface area contributed by atoms with Crippen molar-refractivity contribution in [3.63, 3.8) is 0 Å². The Bertz CT molecular complexity index is 1160. The van der Waals surface area contributed by atoms with Gasteiger partial charge >= 0.3 is 0 Å². The van der Waals surface area contributed by atoms with Crippen molar-refractivity contribution in [2.24, 2.45) is 15.7 Å². The van der Waals surface area contributed by atoms with Crippen molar-refractivity contribution in [3.8, 4) is 11.1 Å². The molecule has 2 aliphatic rings. The van der Waals surface area contributed by atoms with Gasteiger partial charge in [0.25, 0.3) is 0 Å². The van der Waals surface area contributed by atoms with Crippen LogP contribution in [-0.2, 0) is 5.79 Å². The van der Waals surface area contributed by atoms with E-state index < -0.39 is 5.79 Å². The molecule has 2 aliphatic heterocycles. The maximum Gasteiger partial charge on any atom is 0.212 e. The third kappa shape index (κ3) is 3.61. The van der Waals surface area contributed by atoms with Crippen molar-refractivity contribution in [2.45, 2.75) is 18.6 Å². The smallest absolute Gasteiger partial charge is 0.212 e. The van der Waals surface area contributed by atoms with Gasteiger partial charge in [-0.1, -0.05) is 36.4 Å². The van der Waals surface area contributed by atoms with Crippen molar-refractivity contribution >= 4 is 29.3 Å². The maximum absolute atomic E-state index is 8.55. The number of hydrogen-bond acceptors (Lipinski definition) is 5. The summed E-state index contributed by atoms with van der Waals surface area (Å²) >= 11 is 0. The second-order valence-corrected chi connectivity index (χ2v) is 8.08. The quantitative estimate of drug-likeness (QED) is 0.578. The molecule has 2 aromatic carbocycles. The lowest BCUT2D eigenvalue weighted by Gasteiger charge is -2.42. The number of hydrogen-bond donors (Lipinski definition) is 3. The van der Waals surface area contributed by atoms with Gasteiger partial charge in [-0.3, -0.25) is 16.1 Å². The number of nitrogens with one attached hydrogen (secondary N) is 2. The Kier molecular flexibility index (Phi) is 5.03. The van der Waals surface area contributed by atoms with Gasteiger partial charge in [0.1, 0.15) is 5.84 Å². The molecule has 0 radical (unpaired) electrons. The highest BCUT2D eigenvalue weighted by molar-refractivity contribution is 5.96. The summed E-state index contributed by atoms with van der Waals surface area (Å²) < 4.78 is 0. The highest BCUT2D eigenvalue weighted by Crippen LogP contribution is 2.34. The normalized spacial score (nSPS) is 20.9. The van der Waals surface area contributed by atoms with Crippen molar-refractivity contribution < 1.29 is 0 Å². The molecule has 31 heavy (non-hydrogen) atoms. The number of amidine groups is 1. The lowest BCUT2D eigenvalue weighted by Crippen LogP contribution is -2.57. The molecule has 0 saturated heterocycles. The van der Waals surface area contributed by atoms with E-state index in [9.17, 15) is 0 Å². The average Bonchev–Trinajstić information content (AvgIpc) is 3.46. The summed E-state index contributed by atoms with van der Waals surface area (Å²) in [5.41, 5.74) is 11.1. The van der Waals surface area contributed by atoms with E-state index in [1.165, 1.54) is 5.39 Å². The van der Waals surface area contributed by atoms with Crippen LogP contribution >= 0.6 is 0 Å². The number of aliphatic imine (C=N–C) groups is 2. The fourth-order valence-corrected chi connectivity index (χ4v) is 4.44. The molecule has 0 saturated carbocycles. The number of aromatic nitrogens is 1. The fourth-order valence-electron chi connectivity index (χ4n) is 4.44. The molecule has 0 bridgehead atoms. The van der Waals surface area contributed by atoms with Crippen molar-refractivity contribution in [3.05, 3.63) is 60.3 Å². The number of H-pyrrole nitrogens is 1. The van der Waals surface area contributed by atoms with Crippen LogP contribution in [0.3, 0.4) is 0 Å². The van der Waals surface area contributed by atoms with Gasteiger partial charge in [-0.15, -0.1) is 0 Å². The first-order valence-electron chi connectivity index (χ1n) is 10.7. The summed E-state index contributed by atoms with van der Waals surface area (Å²) in [5, 5.41) is 9.72. The van der Waals surface area contributed by atoms with Crippen molar-refractivity contribution in [1.29, 1.82) is 5.41 Å². The van der Waals surface area contributed by atoms with Crippen LogP contribution in [0.25, 0.3) is 22.0 Å². The van der Waals surface area contributed by atoms with Crippen LogP contribution in [0.1, 0.15) is 18.4 Å². The summed E-state index contributed by atoms with van der Waals surface area (Å²) in [6.45, 7) is 3.41. The second kappa shape index (κ2) is 8.00. The predicted octanol–water partition coefficient (Wildman–Crippen LogP) is 3.39. The van der Waals surface area contributed by atoms with Crippen LogP contribution in [0.4, 0.5) is 0 Å². The van der Waals surface area contributed by atoms with Gasteiger partial charge in [0.15, 0.2) is 0 Å². The largest absolute Gasteiger partial charge is 0.361 e. The Morgan fingerprint density at radius 3 is 2.90 bits per heavy atom. The zero-order valence-electron chi connectivity index (χ0n) is 17.5. The lowest BCUT2D eigenvalue weighted by atomic mass is 9.97. The van der Waals surface area contributed by atoms with Gasteiger partial charge < -0.3 is 14.8 Å². The topological polar surface area (TPSA) is 96.9 Å². The number of nitrogens with zero attached hydrogens (tertiary/aromatic N) is 4. The van der Waals surface area contributed by atoms with Gasteiger partial charge in [0.05, 0.1) is 12.9 Å². The molecule has 7 heteroatoms. The Balaban J connectivity index is 1.44. The van der Waals surface area contributed by atoms with Gasteiger partial charge in [-0.2, -0.15) is 0 Å². The number of rotatable bonds is 6. The molecule has 0 spiro atoms. The minimum atomic E-state index is -1.07. The molecule has 0 amide bonds. The lowest BCUT2D eigenvalue weighted by molar-refractivity contribution is 0.175. The molecule has 1 unspecified atom stereocenters. The van der Waals surface area contributed by atoms with Gasteiger partial charge in [-0.25, -0.2) is 4.99 Å². The molecule has 4 N–H and O–H groups in total. The standard InChI is InChI=1S/C24H27N7/c25-23-9-10-29-24(26,31(23)13-4-12-30-14-11-27-17-30)19-6-3-5-18(15-19)21-16-28-22-8-2-1-7-20(21)22/h1-3,5-8,10,15-17,25,28H,4,9,11-14,26H2. The van der Waals surface area contributed by atoms with E-state index in [2.05, 4.69) is 44.1 Å². The number of benzene rings is 2. The molecule has 1 aromatic heterocycles. The number of aromatic amines is 1. The van der Waals surface area contributed by atoms with Crippen molar-refractivity contribution in [2.75, 3.05) is 26.2 Å². The van der Waals surface area contributed by atoms with E-state index in [4.69, 9.17) is 11.1 Å². The molecule has 7 nitrogen and oxygen atoms in total. The van der Waals surface area contributed by atoms with E-state index in [1.807, 2.05) is 41.7 Å². The van der Waals surface area contributed by atoms with Gasteiger partial charge in [-0.05, 0) is 24.1 Å². The van der Waals surface area contributed by atoms with Crippen LogP contribution in [-0.4, -0.2) is 59.4 Å². The van der Waals surface area contributed by atoms with E-state index in [1.54, 1.807) is 6.21 Å². The predicted molar refractivity (Wildman–Crippen MR) is 127 cm³/mol. The molecular formula is C24H27N7. The van der Waals surface area contributed by atoms with Crippen LogP contribution < -0.4 is 5.73 Å². The van der Waals surface area contributed by atoms with Gasteiger partial charge in [0, 0.05) is 60.5 Å². The molecule has 158 valence electrons. The third-order valence-corrected chi connectivity index (χ3v) is 6.09. The minimum Gasteiger partial charge on any atom is -0.361 e. The second-order valence-electron chi connectivity index (χ2n) is 8.08.